The van der Waals surface area contributed by atoms with Gasteiger partial charge in [-0.15, -0.1) is 0 Å². The second-order valence-corrected chi connectivity index (χ2v) is 6.24. The maximum atomic E-state index is 12.6. The molecule has 0 spiro atoms. The Kier molecular flexibility index (Phi) is 5.28. The summed E-state index contributed by atoms with van der Waals surface area (Å²) in [6.45, 7) is 2.62. The fraction of sp³-hybridized carbons (Fsp3) is 0.556. The summed E-state index contributed by atoms with van der Waals surface area (Å²) in [7, 11) is 0. The van der Waals surface area contributed by atoms with Gasteiger partial charge in [0.1, 0.15) is 6.10 Å². The third-order valence-electron chi connectivity index (χ3n) is 4.59. The molecule has 2 aliphatic heterocycles. The molecule has 2 saturated heterocycles. The fourth-order valence-corrected chi connectivity index (χ4v) is 3.21. The smallest absolute Gasteiger partial charge is 0.242 e. The molecule has 5 heteroatoms. The third-order valence-corrected chi connectivity index (χ3v) is 4.59. The van der Waals surface area contributed by atoms with Gasteiger partial charge in [-0.2, -0.15) is 0 Å². The zero-order chi connectivity index (χ0) is 16.1. The standard InChI is InChI=1S/C18H24N2O3/c21-17-9-5-2-6-10-19(17)14-18(22)20-11-12-23-16(13-20)15-7-3-1-4-8-15/h1,3-4,7-8,16H,2,5-6,9-14H2. The fourth-order valence-electron chi connectivity index (χ4n) is 3.21. The molecule has 0 radical (unpaired) electrons. The molecule has 0 aliphatic carbocycles. The Hall–Kier alpha value is -1.88. The van der Waals surface area contributed by atoms with Crippen LogP contribution in [0.15, 0.2) is 30.3 Å². The summed E-state index contributed by atoms with van der Waals surface area (Å²) in [6, 6.07) is 9.98. The summed E-state index contributed by atoms with van der Waals surface area (Å²) in [4.78, 5) is 28.2. The highest BCUT2D eigenvalue weighted by atomic mass is 16.5. The number of carbonyl (C=O) groups is 2. The third kappa shape index (κ3) is 4.10. The number of amides is 2. The lowest BCUT2D eigenvalue weighted by molar-refractivity contribution is -0.145. The first kappa shape index (κ1) is 16.0. The number of morpholine rings is 1. The Morgan fingerprint density at radius 2 is 1.96 bits per heavy atom. The normalized spacial score (nSPS) is 22.8. The molecule has 5 nitrogen and oxygen atoms in total. The number of likely N-dealkylation sites (tertiary alicyclic amines) is 1. The SMILES string of the molecule is O=C1CCCCCN1CC(=O)N1CCOC(c2ccccc2)C1. The van der Waals surface area contributed by atoms with E-state index in [-0.39, 0.29) is 24.5 Å². The predicted molar refractivity (Wildman–Crippen MR) is 86.8 cm³/mol. The molecule has 0 bridgehead atoms. The lowest BCUT2D eigenvalue weighted by atomic mass is 10.1. The highest BCUT2D eigenvalue weighted by Crippen LogP contribution is 2.22. The van der Waals surface area contributed by atoms with E-state index >= 15 is 0 Å². The van der Waals surface area contributed by atoms with Gasteiger partial charge in [-0.25, -0.2) is 0 Å². The van der Waals surface area contributed by atoms with Crippen molar-refractivity contribution in [2.75, 3.05) is 32.8 Å². The topological polar surface area (TPSA) is 49.9 Å². The van der Waals surface area contributed by atoms with Gasteiger partial charge in [0, 0.05) is 19.5 Å². The minimum absolute atomic E-state index is 0.0319. The molecule has 0 aromatic heterocycles. The molecule has 2 fully saturated rings. The van der Waals surface area contributed by atoms with E-state index < -0.39 is 0 Å². The van der Waals surface area contributed by atoms with Crippen molar-refractivity contribution >= 4 is 11.8 Å². The first-order valence-electron chi connectivity index (χ1n) is 8.46. The number of ether oxygens (including phenoxy) is 1. The van der Waals surface area contributed by atoms with Crippen LogP contribution in [-0.2, 0) is 14.3 Å². The van der Waals surface area contributed by atoms with Crippen molar-refractivity contribution in [3.05, 3.63) is 35.9 Å². The zero-order valence-corrected chi connectivity index (χ0v) is 13.4. The van der Waals surface area contributed by atoms with Crippen molar-refractivity contribution in [3.63, 3.8) is 0 Å². The molecule has 2 heterocycles. The summed E-state index contributed by atoms with van der Waals surface area (Å²) in [5, 5.41) is 0. The molecule has 3 rings (SSSR count). The average molecular weight is 316 g/mol. The number of rotatable bonds is 3. The quantitative estimate of drug-likeness (QED) is 0.857. The molecular formula is C18H24N2O3. The summed E-state index contributed by atoms with van der Waals surface area (Å²) in [6.07, 6.45) is 3.51. The van der Waals surface area contributed by atoms with E-state index in [9.17, 15) is 9.59 Å². The molecule has 0 N–H and O–H groups in total. The van der Waals surface area contributed by atoms with Gasteiger partial charge in [-0.3, -0.25) is 9.59 Å². The van der Waals surface area contributed by atoms with E-state index in [2.05, 4.69) is 0 Å². The molecule has 1 atom stereocenters. The van der Waals surface area contributed by atoms with Crippen molar-refractivity contribution < 1.29 is 14.3 Å². The van der Waals surface area contributed by atoms with Crippen LogP contribution in [-0.4, -0.2) is 54.4 Å². The number of carbonyl (C=O) groups excluding carboxylic acids is 2. The maximum absolute atomic E-state index is 12.6. The van der Waals surface area contributed by atoms with Crippen molar-refractivity contribution in [2.45, 2.75) is 31.8 Å². The van der Waals surface area contributed by atoms with Crippen LogP contribution in [0.1, 0.15) is 37.4 Å². The van der Waals surface area contributed by atoms with Gasteiger partial charge in [0.2, 0.25) is 11.8 Å². The highest BCUT2D eigenvalue weighted by molar-refractivity contribution is 5.85. The van der Waals surface area contributed by atoms with E-state index in [4.69, 9.17) is 4.74 Å². The minimum atomic E-state index is -0.0752. The van der Waals surface area contributed by atoms with Crippen LogP contribution >= 0.6 is 0 Å². The number of hydrogen-bond acceptors (Lipinski definition) is 3. The minimum Gasteiger partial charge on any atom is -0.370 e. The van der Waals surface area contributed by atoms with Gasteiger partial charge in [0.05, 0.1) is 19.7 Å². The molecule has 0 saturated carbocycles. The largest absolute Gasteiger partial charge is 0.370 e. The first-order chi connectivity index (χ1) is 11.2. The maximum Gasteiger partial charge on any atom is 0.242 e. The van der Waals surface area contributed by atoms with Crippen LogP contribution in [0.2, 0.25) is 0 Å². The predicted octanol–water partition coefficient (Wildman–Crippen LogP) is 1.99. The molecule has 2 aliphatic rings. The second kappa shape index (κ2) is 7.59. The molecular weight excluding hydrogens is 292 g/mol. The summed E-state index contributed by atoms with van der Waals surface area (Å²) >= 11 is 0. The second-order valence-electron chi connectivity index (χ2n) is 6.24. The van der Waals surface area contributed by atoms with E-state index in [0.717, 1.165) is 24.8 Å². The van der Waals surface area contributed by atoms with E-state index in [1.807, 2.05) is 35.2 Å². The molecule has 2 amide bonds. The van der Waals surface area contributed by atoms with Gasteiger partial charge in [-0.1, -0.05) is 36.8 Å². The van der Waals surface area contributed by atoms with E-state index in [1.54, 1.807) is 4.90 Å². The zero-order valence-electron chi connectivity index (χ0n) is 13.4. The van der Waals surface area contributed by atoms with Gasteiger partial charge in [0.15, 0.2) is 0 Å². The lowest BCUT2D eigenvalue weighted by Gasteiger charge is -2.34. The van der Waals surface area contributed by atoms with Crippen LogP contribution < -0.4 is 0 Å². The molecule has 1 aromatic carbocycles. The monoisotopic (exact) mass is 316 g/mol. The number of benzene rings is 1. The average Bonchev–Trinajstić information content (AvgIpc) is 2.80. The van der Waals surface area contributed by atoms with Crippen molar-refractivity contribution in [2.24, 2.45) is 0 Å². The summed E-state index contributed by atoms with van der Waals surface area (Å²) < 4.78 is 5.80. The van der Waals surface area contributed by atoms with Crippen LogP contribution in [0, 0.1) is 0 Å². The van der Waals surface area contributed by atoms with Gasteiger partial charge in [-0.05, 0) is 18.4 Å². The first-order valence-corrected chi connectivity index (χ1v) is 8.46. The summed E-state index contributed by atoms with van der Waals surface area (Å²) in [5.41, 5.74) is 1.09. The van der Waals surface area contributed by atoms with Crippen LogP contribution in [0.25, 0.3) is 0 Å². The molecule has 23 heavy (non-hydrogen) atoms. The van der Waals surface area contributed by atoms with Gasteiger partial charge in [0.25, 0.3) is 0 Å². The Morgan fingerprint density at radius 3 is 2.78 bits per heavy atom. The molecule has 1 unspecified atom stereocenters. The Morgan fingerprint density at radius 1 is 1.13 bits per heavy atom. The van der Waals surface area contributed by atoms with E-state index in [0.29, 0.717) is 32.7 Å². The van der Waals surface area contributed by atoms with Crippen LogP contribution in [0.3, 0.4) is 0 Å². The molecule has 1 aromatic rings. The number of nitrogens with zero attached hydrogens (tertiary/aromatic N) is 2. The molecule has 124 valence electrons. The Balaban J connectivity index is 1.59. The number of hydrogen-bond donors (Lipinski definition) is 0. The highest BCUT2D eigenvalue weighted by Gasteiger charge is 2.27. The van der Waals surface area contributed by atoms with Crippen LogP contribution in [0.5, 0.6) is 0 Å². The van der Waals surface area contributed by atoms with Crippen molar-refractivity contribution in [1.29, 1.82) is 0 Å². The van der Waals surface area contributed by atoms with Gasteiger partial charge >= 0.3 is 0 Å². The Bertz CT molecular complexity index is 546. The lowest BCUT2D eigenvalue weighted by Crippen LogP contribution is -2.47. The Labute approximate surface area is 137 Å². The van der Waals surface area contributed by atoms with Gasteiger partial charge < -0.3 is 14.5 Å². The van der Waals surface area contributed by atoms with Crippen molar-refractivity contribution in [1.82, 2.24) is 9.80 Å². The van der Waals surface area contributed by atoms with Crippen molar-refractivity contribution in [3.8, 4) is 0 Å². The summed E-state index contributed by atoms with van der Waals surface area (Å²) in [5.74, 6) is 0.146. The van der Waals surface area contributed by atoms with E-state index in [1.165, 1.54) is 0 Å². The van der Waals surface area contributed by atoms with Crippen LogP contribution in [0.4, 0.5) is 0 Å².